The summed E-state index contributed by atoms with van der Waals surface area (Å²) in [7, 11) is 0. The largest absolute Gasteiger partial charge is 0.322 e. The van der Waals surface area contributed by atoms with Crippen molar-refractivity contribution in [2.45, 2.75) is 50.4 Å². The van der Waals surface area contributed by atoms with Crippen molar-refractivity contribution in [2.24, 2.45) is 5.92 Å². The predicted molar refractivity (Wildman–Crippen MR) is 97.7 cm³/mol. The highest BCUT2D eigenvalue weighted by atomic mass is 16.2. The molecule has 0 aromatic heterocycles. The number of imide groups is 1. The van der Waals surface area contributed by atoms with Crippen molar-refractivity contribution < 1.29 is 14.4 Å². The maximum atomic E-state index is 12.8. The Kier molecular flexibility index (Phi) is 3.84. The fraction of sp³-hybridized carbons (Fsp3) is 0.550. The highest BCUT2D eigenvalue weighted by molar-refractivity contribution is 6.05. The van der Waals surface area contributed by atoms with Gasteiger partial charge in [0.25, 0.3) is 5.91 Å². The fourth-order valence-corrected chi connectivity index (χ4v) is 5.06. The van der Waals surface area contributed by atoms with Gasteiger partial charge in [0.05, 0.1) is 0 Å². The van der Waals surface area contributed by atoms with Crippen molar-refractivity contribution in [3.8, 4) is 0 Å². The van der Waals surface area contributed by atoms with Gasteiger partial charge in [-0.05, 0) is 48.9 Å². The Balaban J connectivity index is 1.24. The standard InChI is InChI=1S/C20H24N4O3/c25-17-4-3-16(18(26)23-17)24-10-14-2-1-12(5-15(14)19(24)27)8-21-11-20-6-13(7-20)9-22-20/h1-2,5,13,16,21-22H,3-4,6-11H2,(H,23,25,26). The molecule has 4 heterocycles. The van der Waals surface area contributed by atoms with Gasteiger partial charge in [-0.2, -0.15) is 0 Å². The number of fused-ring (bicyclic) bond motifs is 2. The molecule has 1 saturated carbocycles. The Morgan fingerprint density at radius 2 is 2.07 bits per heavy atom. The number of carbonyl (C=O) groups is 3. The Morgan fingerprint density at radius 3 is 2.81 bits per heavy atom. The van der Waals surface area contributed by atoms with Crippen LogP contribution in [-0.4, -0.2) is 47.3 Å². The smallest absolute Gasteiger partial charge is 0.255 e. The monoisotopic (exact) mass is 368 g/mol. The van der Waals surface area contributed by atoms with Gasteiger partial charge in [0.2, 0.25) is 11.8 Å². The topological polar surface area (TPSA) is 90.5 Å². The summed E-state index contributed by atoms with van der Waals surface area (Å²) in [5.74, 6) is 0.126. The van der Waals surface area contributed by atoms with Crippen LogP contribution in [0.5, 0.6) is 0 Å². The van der Waals surface area contributed by atoms with E-state index < -0.39 is 6.04 Å². The van der Waals surface area contributed by atoms with Crippen LogP contribution in [0.15, 0.2) is 18.2 Å². The Labute approximate surface area is 157 Å². The van der Waals surface area contributed by atoms with Gasteiger partial charge in [0, 0.05) is 37.2 Å². The maximum Gasteiger partial charge on any atom is 0.255 e. The second kappa shape index (κ2) is 6.14. The molecule has 7 heteroatoms. The van der Waals surface area contributed by atoms with Crippen molar-refractivity contribution >= 4 is 17.7 Å². The van der Waals surface area contributed by atoms with E-state index in [1.54, 1.807) is 4.90 Å². The zero-order chi connectivity index (χ0) is 18.6. The summed E-state index contributed by atoms with van der Waals surface area (Å²) in [5.41, 5.74) is 3.00. The minimum absolute atomic E-state index is 0.112. The van der Waals surface area contributed by atoms with Gasteiger partial charge in [0.1, 0.15) is 6.04 Å². The number of hydrogen-bond acceptors (Lipinski definition) is 5. The van der Waals surface area contributed by atoms with Gasteiger partial charge >= 0.3 is 0 Å². The van der Waals surface area contributed by atoms with Crippen LogP contribution in [-0.2, 0) is 22.7 Å². The van der Waals surface area contributed by atoms with Crippen LogP contribution in [0.25, 0.3) is 0 Å². The minimum atomic E-state index is -0.553. The number of benzene rings is 1. The van der Waals surface area contributed by atoms with Gasteiger partial charge in [-0.3, -0.25) is 19.7 Å². The number of hydrogen-bond donors (Lipinski definition) is 3. The number of carbonyl (C=O) groups excluding carboxylic acids is 3. The van der Waals surface area contributed by atoms with E-state index in [0.29, 0.717) is 24.1 Å². The van der Waals surface area contributed by atoms with Crippen LogP contribution in [0.1, 0.15) is 47.2 Å². The molecule has 27 heavy (non-hydrogen) atoms. The van der Waals surface area contributed by atoms with Crippen molar-refractivity contribution in [2.75, 3.05) is 13.1 Å². The highest BCUT2D eigenvalue weighted by Gasteiger charge is 2.49. The number of rotatable bonds is 5. The molecule has 2 bridgehead atoms. The normalized spacial score (nSPS) is 31.7. The Bertz CT molecular complexity index is 825. The number of amides is 3. The molecule has 6 rings (SSSR count). The van der Waals surface area contributed by atoms with Crippen LogP contribution in [0.4, 0.5) is 0 Å². The van der Waals surface area contributed by atoms with E-state index in [1.165, 1.54) is 12.8 Å². The molecule has 3 N–H and O–H groups in total. The number of nitrogens with one attached hydrogen (secondary N) is 3. The predicted octanol–water partition coefficient (Wildman–Crippen LogP) is 0.289. The van der Waals surface area contributed by atoms with E-state index in [9.17, 15) is 14.4 Å². The van der Waals surface area contributed by atoms with Crippen molar-refractivity contribution in [3.63, 3.8) is 0 Å². The lowest BCUT2D eigenvalue weighted by molar-refractivity contribution is -0.136. The van der Waals surface area contributed by atoms with Crippen LogP contribution in [0.3, 0.4) is 0 Å². The molecule has 4 aliphatic heterocycles. The van der Waals surface area contributed by atoms with E-state index in [-0.39, 0.29) is 24.1 Å². The lowest BCUT2D eigenvalue weighted by Crippen LogP contribution is -2.52. The van der Waals surface area contributed by atoms with Crippen molar-refractivity contribution in [1.29, 1.82) is 0 Å². The summed E-state index contributed by atoms with van der Waals surface area (Å²) in [6, 6.07) is 5.43. The molecule has 3 saturated heterocycles. The van der Waals surface area contributed by atoms with E-state index >= 15 is 0 Å². The van der Waals surface area contributed by atoms with Gasteiger partial charge in [-0.15, -0.1) is 0 Å². The van der Waals surface area contributed by atoms with E-state index in [4.69, 9.17) is 0 Å². The average molecular weight is 368 g/mol. The average Bonchev–Trinajstić information content (AvgIpc) is 3.29. The molecular formula is C20H24N4O3. The Hall–Kier alpha value is -2.25. The lowest BCUT2D eigenvalue weighted by Gasteiger charge is -2.37. The summed E-state index contributed by atoms with van der Waals surface area (Å²) in [5, 5.41) is 9.47. The van der Waals surface area contributed by atoms with Crippen LogP contribution in [0.2, 0.25) is 0 Å². The van der Waals surface area contributed by atoms with Gasteiger partial charge in [0.15, 0.2) is 0 Å². The summed E-state index contributed by atoms with van der Waals surface area (Å²) < 4.78 is 0. The quantitative estimate of drug-likeness (QED) is 0.650. The first-order valence-electron chi connectivity index (χ1n) is 9.75. The molecule has 1 aliphatic carbocycles. The molecule has 4 fully saturated rings. The van der Waals surface area contributed by atoms with Crippen LogP contribution < -0.4 is 16.0 Å². The lowest BCUT2D eigenvalue weighted by atomic mass is 9.73. The van der Waals surface area contributed by atoms with E-state index in [1.807, 2.05) is 12.1 Å². The first kappa shape index (κ1) is 16.9. The third kappa shape index (κ3) is 2.85. The van der Waals surface area contributed by atoms with Gasteiger partial charge < -0.3 is 15.5 Å². The van der Waals surface area contributed by atoms with Crippen LogP contribution in [0, 0.1) is 5.92 Å². The molecule has 1 atom stereocenters. The fourth-order valence-electron chi connectivity index (χ4n) is 5.06. The number of nitrogens with zero attached hydrogens (tertiary/aromatic N) is 1. The first-order chi connectivity index (χ1) is 13.0. The zero-order valence-corrected chi connectivity index (χ0v) is 15.2. The summed E-state index contributed by atoms with van der Waals surface area (Å²) in [6.45, 7) is 3.26. The van der Waals surface area contributed by atoms with E-state index in [2.05, 4.69) is 22.0 Å². The first-order valence-corrected chi connectivity index (χ1v) is 9.75. The molecule has 1 aromatic rings. The molecule has 0 spiro atoms. The highest BCUT2D eigenvalue weighted by Crippen LogP contribution is 2.43. The SMILES string of the molecule is O=C1CCC(N2Cc3ccc(CNCC45CC(CN4)C5)cc3C2=O)C(=O)N1. The van der Waals surface area contributed by atoms with Gasteiger partial charge in [-0.25, -0.2) is 0 Å². The summed E-state index contributed by atoms with van der Waals surface area (Å²) in [6.07, 6.45) is 3.21. The molecule has 0 radical (unpaired) electrons. The molecular weight excluding hydrogens is 344 g/mol. The molecule has 1 unspecified atom stereocenters. The number of piperidine rings is 1. The van der Waals surface area contributed by atoms with Crippen molar-refractivity contribution in [3.05, 3.63) is 34.9 Å². The minimum Gasteiger partial charge on any atom is -0.322 e. The molecule has 142 valence electrons. The van der Waals surface area contributed by atoms with Crippen molar-refractivity contribution in [1.82, 2.24) is 20.9 Å². The second-order valence-electron chi connectivity index (χ2n) is 8.43. The third-order valence-corrected chi connectivity index (χ3v) is 6.51. The van der Waals surface area contributed by atoms with E-state index in [0.717, 1.165) is 36.7 Å². The zero-order valence-electron chi connectivity index (χ0n) is 15.2. The third-order valence-electron chi connectivity index (χ3n) is 6.51. The summed E-state index contributed by atoms with van der Waals surface area (Å²) in [4.78, 5) is 37.9. The summed E-state index contributed by atoms with van der Waals surface area (Å²) >= 11 is 0. The molecule has 1 aromatic carbocycles. The van der Waals surface area contributed by atoms with Gasteiger partial charge in [-0.1, -0.05) is 12.1 Å². The molecule has 7 nitrogen and oxygen atoms in total. The maximum absolute atomic E-state index is 12.8. The Morgan fingerprint density at radius 1 is 1.22 bits per heavy atom. The van der Waals surface area contributed by atoms with Crippen LogP contribution >= 0.6 is 0 Å². The molecule has 3 amide bonds. The second-order valence-corrected chi connectivity index (χ2v) is 8.43. The molecule has 5 aliphatic rings.